The zero-order chi connectivity index (χ0) is 27.2. The number of rotatable bonds is 5. The number of nitrogens with one attached hydrogen (secondary N) is 1. The largest absolute Gasteiger partial charge is 0.433 e. The van der Waals surface area contributed by atoms with Gasteiger partial charge in [0.2, 0.25) is 5.82 Å². The summed E-state index contributed by atoms with van der Waals surface area (Å²) in [4.78, 5) is 11.1. The molecule has 6 nitrogen and oxygen atoms in total. The van der Waals surface area contributed by atoms with Gasteiger partial charge in [-0.15, -0.1) is 0 Å². The number of likely N-dealkylation sites (N-methyl/N-ethyl adjacent to an activating group) is 1. The number of fused-ring (bicyclic) bond motifs is 1. The van der Waals surface area contributed by atoms with Crippen LogP contribution in [-0.4, -0.2) is 48.1 Å². The van der Waals surface area contributed by atoms with Crippen molar-refractivity contribution in [1.82, 2.24) is 14.9 Å². The number of piperazine rings is 1. The molecular formula is C26H23F6N5O. The molecule has 12 heteroatoms. The lowest BCUT2D eigenvalue weighted by Gasteiger charge is -2.35. The van der Waals surface area contributed by atoms with Crippen molar-refractivity contribution < 1.29 is 31.1 Å². The standard InChI is InChI=1S/C26H23F6N5O/c1-14-9-16-17(10-14)22(28)21(12-19(16)27)38-25-23(29)24(33-13-34-25)35-15-3-4-20(18(11-15)26(30,31)32)37-7-5-36(2)6-8-37/h3-4,10-13H,5-9H2,1-2H3,(H,33,34,35). The molecule has 0 bridgehead atoms. The van der Waals surface area contributed by atoms with E-state index in [2.05, 4.69) is 15.3 Å². The number of nitrogens with zero attached hydrogens (tertiary/aromatic N) is 4. The molecule has 38 heavy (non-hydrogen) atoms. The molecule has 2 aliphatic rings. The van der Waals surface area contributed by atoms with Crippen LogP contribution in [0.25, 0.3) is 6.08 Å². The Balaban J connectivity index is 1.42. The van der Waals surface area contributed by atoms with Gasteiger partial charge in [0.1, 0.15) is 12.1 Å². The molecule has 0 spiro atoms. The molecule has 2 aromatic carbocycles. The van der Waals surface area contributed by atoms with Crippen LogP contribution in [0.5, 0.6) is 11.6 Å². The molecule has 0 radical (unpaired) electrons. The van der Waals surface area contributed by atoms with E-state index in [9.17, 15) is 22.0 Å². The Kier molecular flexibility index (Phi) is 6.68. The van der Waals surface area contributed by atoms with E-state index in [-0.39, 0.29) is 28.9 Å². The van der Waals surface area contributed by atoms with Crippen LogP contribution in [0.3, 0.4) is 0 Å². The van der Waals surface area contributed by atoms with Gasteiger partial charge < -0.3 is 19.9 Å². The fourth-order valence-corrected chi connectivity index (χ4v) is 4.56. The summed E-state index contributed by atoms with van der Waals surface area (Å²) in [6, 6.07) is 4.39. The Morgan fingerprint density at radius 1 is 0.974 bits per heavy atom. The highest BCUT2D eigenvalue weighted by atomic mass is 19.4. The molecule has 0 amide bonds. The van der Waals surface area contributed by atoms with Crippen LogP contribution in [0.1, 0.15) is 23.6 Å². The summed E-state index contributed by atoms with van der Waals surface area (Å²) in [5.74, 6) is -4.56. The van der Waals surface area contributed by atoms with E-state index < -0.39 is 46.6 Å². The number of hydrogen-bond acceptors (Lipinski definition) is 6. The molecule has 2 heterocycles. The lowest BCUT2D eigenvalue weighted by molar-refractivity contribution is -0.137. The molecule has 1 aliphatic carbocycles. The Hall–Kier alpha value is -3.80. The molecule has 0 unspecified atom stereocenters. The van der Waals surface area contributed by atoms with Gasteiger partial charge in [-0.3, -0.25) is 0 Å². The summed E-state index contributed by atoms with van der Waals surface area (Å²) >= 11 is 0. The SMILES string of the molecule is CC1=Cc2c(F)c(Oc3ncnc(Nc4ccc(N5CCN(C)CC5)c(C(F)(F)F)c4)c3F)cc(F)c2C1. The quantitative estimate of drug-likeness (QED) is 0.395. The maximum Gasteiger partial charge on any atom is 0.418 e. The monoisotopic (exact) mass is 535 g/mol. The Bertz CT molecular complexity index is 1420. The summed E-state index contributed by atoms with van der Waals surface area (Å²) in [6.45, 7) is 3.84. The van der Waals surface area contributed by atoms with Gasteiger partial charge >= 0.3 is 6.18 Å². The van der Waals surface area contributed by atoms with Crippen molar-refractivity contribution in [2.24, 2.45) is 0 Å². The Morgan fingerprint density at radius 3 is 2.42 bits per heavy atom. The first-order valence-corrected chi connectivity index (χ1v) is 11.8. The van der Waals surface area contributed by atoms with Crippen LogP contribution < -0.4 is 15.0 Å². The Morgan fingerprint density at radius 2 is 1.71 bits per heavy atom. The highest BCUT2D eigenvalue weighted by molar-refractivity contribution is 5.67. The molecule has 3 aromatic rings. The Labute approximate surface area is 214 Å². The predicted octanol–water partition coefficient (Wildman–Crippen LogP) is 6.16. The molecule has 1 aromatic heterocycles. The van der Waals surface area contributed by atoms with Gasteiger partial charge in [0.25, 0.3) is 5.88 Å². The average molecular weight is 535 g/mol. The minimum atomic E-state index is -4.66. The summed E-state index contributed by atoms with van der Waals surface area (Å²) in [5.41, 5.74) is 0.0307. The zero-order valence-corrected chi connectivity index (χ0v) is 20.5. The predicted molar refractivity (Wildman–Crippen MR) is 130 cm³/mol. The van der Waals surface area contributed by atoms with Crippen molar-refractivity contribution in [3.63, 3.8) is 0 Å². The second kappa shape index (κ2) is 9.82. The van der Waals surface area contributed by atoms with E-state index >= 15 is 4.39 Å². The molecule has 1 saturated heterocycles. The lowest BCUT2D eigenvalue weighted by atomic mass is 10.1. The summed E-state index contributed by atoms with van der Waals surface area (Å²) in [6.07, 6.45) is -2.03. The smallest absolute Gasteiger partial charge is 0.418 e. The molecule has 0 atom stereocenters. The average Bonchev–Trinajstić information content (AvgIpc) is 3.27. The number of aromatic nitrogens is 2. The normalized spacial score (nSPS) is 15.9. The van der Waals surface area contributed by atoms with Crippen LogP contribution in [0.15, 0.2) is 36.2 Å². The minimum absolute atomic E-state index is 0.0189. The van der Waals surface area contributed by atoms with Crippen LogP contribution in [0.2, 0.25) is 0 Å². The van der Waals surface area contributed by atoms with Gasteiger partial charge in [0, 0.05) is 54.7 Å². The number of hydrogen-bond donors (Lipinski definition) is 1. The van der Waals surface area contributed by atoms with Crippen LogP contribution >= 0.6 is 0 Å². The van der Waals surface area contributed by atoms with E-state index in [0.29, 0.717) is 26.2 Å². The molecule has 200 valence electrons. The zero-order valence-electron chi connectivity index (χ0n) is 20.5. The van der Waals surface area contributed by atoms with Gasteiger partial charge in [0.05, 0.1) is 5.56 Å². The third-order valence-electron chi connectivity index (χ3n) is 6.54. The van der Waals surface area contributed by atoms with E-state index in [1.807, 2.05) is 11.9 Å². The van der Waals surface area contributed by atoms with E-state index in [1.165, 1.54) is 18.2 Å². The van der Waals surface area contributed by atoms with Crippen molar-refractivity contribution in [2.45, 2.75) is 19.5 Å². The fraction of sp³-hybridized carbons (Fsp3) is 0.308. The third kappa shape index (κ3) is 5.00. The second-order valence-electron chi connectivity index (χ2n) is 9.32. The number of benzene rings is 2. The third-order valence-corrected chi connectivity index (χ3v) is 6.54. The van der Waals surface area contributed by atoms with Crippen LogP contribution in [0, 0.1) is 17.5 Å². The number of ether oxygens (including phenoxy) is 1. The minimum Gasteiger partial charge on any atom is -0.433 e. The number of allylic oxidation sites excluding steroid dienone is 1. The van der Waals surface area contributed by atoms with Crippen molar-refractivity contribution in [2.75, 3.05) is 43.4 Å². The van der Waals surface area contributed by atoms with Gasteiger partial charge in [-0.2, -0.15) is 22.5 Å². The van der Waals surface area contributed by atoms with E-state index in [0.717, 1.165) is 24.0 Å². The molecule has 5 rings (SSSR count). The van der Waals surface area contributed by atoms with Gasteiger partial charge in [-0.05, 0) is 38.6 Å². The molecule has 0 saturated carbocycles. The highest BCUT2D eigenvalue weighted by Crippen LogP contribution is 2.40. The van der Waals surface area contributed by atoms with E-state index in [1.54, 1.807) is 11.8 Å². The van der Waals surface area contributed by atoms with Gasteiger partial charge in [0.15, 0.2) is 17.4 Å². The van der Waals surface area contributed by atoms with Gasteiger partial charge in [-0.25, -0.2) is 13.8 Å². The summed E-state index contributed by atoms with van der Waals surface area (Å²) in [7, 11) is 1.90. The number of alkyl halides is 3. The summed E-state index contributed by atoms with van der Waals surface area (Å²) < 4.78 is 91.6. The summed E-state index contributed by atoms with van der Waals surface area (Å²) in [5, 5.41) is 2.51. The molecule has 1 aliphatic heterocycles. The van der Waals surface area contributed by atoms with Crippen LogP contribution in [0.4, 0.5) is 43.5 Å². The van der Waals surface area contributed by atoms with Gasteiger partial charge in [-0.1, -0.05) is 11.6 Å². The maximum atomic E-state index is 15.2. The first-order chi connectivity index (χ1) is 18.0. The molecular weight excluding hydrogens is 512 g/mol. The highest BCUT2D eigenvalue weighted by Gasteiger charge is 2.36. The van der Waals surface area contributed by atoms with E-state index in [4.69, 9.17) is 4.74 Å². The first-order valence-electron chi connectivity index (χ1n) is 11.8. The van der Waals surface area contributed by atoms with Crippen molar-refractivity contribution >= 4 is 23.3 Å². The van der Waals surface area contributed by atoms with Crippen molar-refractivity contribution in [1.29, 1.82) is 0 Å². The topological polar surface area (TPSA) is 53.5 Å². The van der Waals surface area contributed by atoms with Crippen molar-refractivity contribution in [3.05, 3.63) is 70.3 Å². The number of halogens is 6. The molecule has 1 fully saturated rings. The maximum absolute atomic E-state index is 15.2. The fourth-order valence-electron chi connectivity index (χ4n) is 4.56. The lowest BCUT2D eigenvalue weighted by Crippen LogP contribution is -2.45. The number of anilines is 3. The first kappa shape index (κ1) is 25.8. The van der Waals surface area contributed by atoms with Crippen LogP contribution in [-0.2, 0) is 12.6 Å². The van der Waals surface area contributed by atoms with Crippen molar-refractivity contribution in [3.8, 4) is 11.6 Å². The molecule has 1 N–H and O–H groups in total. The second-order valence-corrected chi connectivity index (χ2v) is 9.32.